The van der Waals surface area contributed by atoms with Crippen LogP contribution in [0.4, 0.5) is 0 Å². The average Bonchev–Trinajstić information content (AvgIpc) is 3.23. The molecule has 5 nitrogen and oxygen atoms in total. The summed E-state index contributed by atoms with van der Waals surface area (Å²) < 4.78 is 2.21. The fourth-order valence-electron chi connectivity index (χ4n) is 4.11. The van der Waals surface area contributed by atoms with Crippen LogP contribution in [-0.2, 0) is 6.42 Å². The quantitative estimate of drug-likeness (QED) is 0.724. The second kappa shape index (κ2) is 4.30. The lowest BCUT2D eigenvalue weighted by Gasteiger charge is -2.33. The van der Waals surface area contributed by atoms with Gasteiger partial charge < -0.3 is 9.67 Å². The molecule has 1 aromatic carbocycles. The standard InChI is InChI=1S/C17H16N4O/c22-17-13(6-5-10-7-19-20-15(10)17)16-12-4-2-1-3-11(12)14-8-18-9-21(14)16/h1-4,7-9,13,16-17,22H,5-6H2,(H,19,20)/t13-,16?,17+/m1/s1. The van der Waals surface area contributed by atoms with E-state index in [0.717, 1.165) is 29.8 Å². The smallest absolute Gasteiger partial charge is 0.101 e. The third-order valence-corrected chi connectivity index (χ3v) is 5.13. The van der Waals surface area contributed by atoms with E-state index in [1.807, 2.05) is 18.7 Å². The van der Waals surface area contributed by atoms with Crippen LogP contribution in [0.5, 0.6) is 0 Å². The Morgan fingerprint density at radius 1 is 1.23 bits per heavy atom. The first-order valence-corrected chi connectivity index (χ1v) is 7.66. The zero-order valence-corrected chi connectivity index (χ0v) is 12.0. The number of aliphatic hydroxyl groups excluding tert-OH is 1. The molecule has 0 amide bonds. The topological polar surface area (TPSA) is 66.7 Å². The minimum Gasteiger partial charge on any atom is -0.386 e. The highest BCUT2D eigenvalue weighted by Crippen LogP contribution is 2.49. The normalized spacial score (nSPS) is 25.6. The van der Waals surface area contributed by atoms with Crippen molar-refractivity contribution in [3.05, 3.63) is 59.8 Å². The Morgan fingerprint density at radius 2 is 2.14 bits per heavy atom. The summed E-state index contributed by atoms with van der Waals surface area (Å²) in [6.45, 7) is 0. The second-order valence-corrected chi connectivity index (χ2v) is 6.17. The van der Waals surface area contributed by atoms with Gasteiger partial charge in [-0.1, -0.05) is 24.3 Å². The zero-order valence-electron chi connectivity index (χ0n) is 12.0. The van der Waals surface area contributed by atoms with Crippen molar-refractivity contribution >= 4 is 0 Å². The van der Waals surface area contributed by atoms with Gasteiger partial charge in [-0.15, -0.1) is 0 Å². The molecule has 2 aromatic heterocycles. The molecule has 0 bridgehead atoms. The lowest BCUT2D eigenvalue weighted by Crippen LogP contribution is -2.28. The van der Waals surface area contributed by atoms with E-state index >= 15 is 0 Å². The first-order chi connectivity index (χ1) is 10.8. The number of H-pyrrole nitrogens is 1. The molecule has 22 heavy (non-hydrogen) atoms. The first-order valence-electron chi connectivity index (χ1n) is 7.66. The second-order valence-electron chi connectivity index (χ2n) is 6.17. The van der Waals surface area contributed by atoms with Crippen LogP contribution >= 0.6 is 0 Å². The van der Waals surface area contributed by atoms with Gasteiger partial charge in [0.25, 0.3) is 0 Å². The summed E-state index contributed by atoms with van der Waals surface area (Å²) in [5.74, 6) is 0.129. The van der Waals surface area contributed by atoms with Crippen LogP contribution in [-0.4, -0.2) is 24.9 Å². The number of nitrogens with one attached hydrogen (secondary N) is 1. The molecule has 3 aromatic rings. The Balaban J connectivity index is 1.65. The van der Waals surface area contributed by atoms with Gasteiger partial charge in [-0.25, -0.2) is 4.98 Å². The van der Waals surface area contributed by atoms with Crippen molar-refractivity contribution in [1.82, 2.24) is 19.7 Å². The molecular weight excluding hydrogens is 276 g/mol. The van der Waals surface area contributed by atoms with Crippen LogP contribution in [0.3, 0.4) is 0 Å². The van der Waals surface area contributed by atoms with Crippen molar-refractivity contribution in [2.45, 2.75) is 25.0 Å². The highest BCUT2D eigenvalue weighted by atomic mass is 16.3. The molecule has 3 heterocycles. The summed E-state index contributed by atoms with van der Waals surface area (Å²) in [5.41, 5.74) is 5.67. The minimum absolute atomic E-state index is 0.129. The van der Waals surface area contributed by atoms with Crippen molar-refractivity contribution < 1.29 is 5.11 Å². The molecule has 0 saturated carbocycles. The SMILES string of the molecule is O[C@@H]1c2[nH]ncc2CC[C@@H]1C1c2ccccc2-c2cncn21. The fourth-order valence-corrected chi connectivity index (χ4v) is 4.11. The number of fused-ring (bicyclic) bond motifs is 4. The molecule has 0 radical (unpaired) electrons. The van der Waals surface area contributed by atoms with E-state index in [9.17, 15) is 5.11 Å². The van der Waals surface area contributed by atoms with E-state index in [4.69, 9.17) is 0 Å². The molecule has 0 saturated heterocycles. The summed E-state index contributed by atoms with van der Waals surface area (Å²) in [6.07, 6.45) is 7.02. The Hall–Kier alpha value is -2.40. The number of hydrogen-bond donors (Lipinski definition) is 2. The molecule has 5 rings (SSSR count). The summed E-state index contributed by atoms with van der Waals surface area (Å²) in [4.78, 5) is 4.31. The Bertz CT molecular complexity index is 850. The molecule has 0 fully saturated rings. The molecule has 1 unspecified atom stereocenters. The molecule has 1 aliphatic carbocycles. The first kappa shape index (κ1) is 12.2. The van der Waals surface area contributed by atoms with Crippen LogP contribution < -0.4 is 0 Å². The lowest BCUT2D eigenvalue weighted by atomic mass is 9.78. The lowest BCUT2D eigenvalue weighted by molar-refractivity contribution is 0.0684. The molecule has 3 atom stereocenters. The molecule has 110 valence electrons. The molecule has 2 aliphatic rings. The van der Waals surface area contributed by atoms with Crippen LogP contribution in [0.15, 0.2) is 43.0 Å². The predicted octanol–water partition coefficient (Wildman–Crippen LogP) is 2.47. The van der Waals surface area contributed by atoms with Gasteiger partial charge in [0, 0.05) is 11.5 Å². The van der Waals surface area contributed by atoms with Crippen molar-refractivity contribution in [3.63, 3.8) is 0 Å². The Labute approximate surface area is 127 Å². The van der Waals surface area contributed by atoms with Gasteiger partial charge in [-0.3, -0.25) is 5.10 Å². The average molecular weight is 292 g/mol. The van der Waals surface area contributed by atoms with Gasteiger partial charge in [0.15, 0.2) is 0 Å². The highest BCUT2D eigenvalue weighted by molar-refractivity contribution is 5.69. The predicted molar refractivity (Wildman–Crippen MR) is 81.2 cm³/mol. The van der Waals surface area contributed by atoms with E-state index in [2.05, 4.69) is 44.0 Å². The molecule has 5 heteroatoms. The summed E-state index contributed by atoms with van der Waals surface area (Å²) in [7, 11) is 0. The molecule has 2 N–H and O–H groups in total. The van der Waals surface area contributed by atoms with Crippen molar-refractivity contribution in [2.75, 3.05) is 0 Å². The van der Waals surface area contributed by atoms with E-state index in [-0.39, 0.29) is 12.0 Å². The fraction of sp³-hybridized carbons (Fsp3) is 0.294. The van der Waals surface area contributed by atoms with Crippen LogP contribution in [0.1, 0.15) is 35.4 Å². The Kier molecular flexibility index (Phi) is 2.38. The summed E-state index contributed by atoms with van der Waals surface area (Å²) >= 11 is 0. The van der Waals surface area contributed by atoms with E-state index in [1.54, 1.807) is 0 Å². The van der Waals surface area contributed by atoms with E-state index in [1.165, 1.54) is 11.1 Å². The number of aromatic amines is 1. The van der Waals surface area contributed by atoms with Gasteiger partial charge in [-0.05, 0) is 24.0 Å². The zero-order chi connectivity index (χ0) is 14.7. The van der Waals surface area contributed by atoms with Crippen LogP contribution in [0.2, 0.25) is 0 Å². The highest BCUT2D eigenvalue weighted by Gasteiger charge is 2.41. The Morgan fingerprint density at radius 3 is 3.09 bits per heavy atom. The summed E-state index contributed by atoms with van der Waals surface area (Å²) in [6, 6.07) is 8.58. The monoisotopic (exact) mass is 292 g/mol. The maximum absolute atomic E-state index is 10.9. The van der Waals surface area contributed by atoms with Gasteiger partial charge in [0.05, 0.1) is 36.2 Å². The van der Waals surface area contributed by atoms with E-state index < -0.39 is 6.10 Å². The number of nitrogens with zero attached hydrogens (tertiary/aromatic N) is 3. The number of aryl methyl sites for hydroxylation is 1. The number of aliphatic hydroxyl groups is 1. The molecule has 0 spiro atoms. The molecular formula is C17H16N4O. The van der Waals surface area contributed by atoms with Gasteiger partial charge in [0.1, 0.15) is 6.10 Å². The number of benzene rings is 1. The maximum atomic E-state index is 10.9. The van der Waals surface area contributed by atoms with Crippen molar-refractivity contribution in [2.24, 2.45) is 5.92 Å². The van der Waals surface area contributed by atoms with Crippen LogP contribution in [0.25, 0.3) is 11.3 Å². The number of rotatable bonds is 1. The number of aromatic nitrogens is 4. The van der Waals surface area contributed by atoms with Gasteiger partial charge >= 0.3 is 0 Å². The largest absolute Gasteiger partial charge is 0.386 e. The summed E-state index contributed by atoms with van der Waals surface area (Å²) in [5, 5.41) is 17.9. The number of hydrogen-bond acceptors (Lipinski definition) is 3. The van der Waals surface area contributed by atoms with Crippen LogP contribution in [0, 0.1) is 5.92 Å². The number of imidazole rings is 1. The molecule has 1 aliphatic heterocycles. The maximum Gasteiger partial charge on any atom is 0.101 e. The van der Waals surface area contributed by atoms with Crippen molar-refractivity contribution in [1.29, 1.82) is 0 Å². The van der Waals surface area contributed by atoms with E-state index in [0.29, 0.717) is 0 Å². The van der Waals surface area contributed by atoms with Gasteiger partial charge in [-0.2, -0.15) is 5.10 Å². The third-order valence-electron chi connectivity index (χ3n) is 5.13. The minimum atomic E-state index is -0.516. The van der Waals surface area contributed by atoms with Crippen molar-refractivity contribution in [3.8, 4) is 11.3 Å². The third kappa shape index (κ3) is 1.46. The van der Waals surface area contributed by atoms with Gasteiger partial charge in [0.2, 0.25) is 0 Å².